The maximum absolute atomic E-state index is 12.5. The predicted molar refractivity (Wildman–Crippen MR) is 75.2 cm³/mol. The number of hydrogen-bond donors (Lipinski definition) is 0. The lowest BCUT2D eigenvalue weighted by Crippen LogP contribution is -2.33. The number of hydrogen-bond acceptors (Lipinski definition) is 4. The van der Waals surface area contributed by atoms with E-state index in [4.69, 9.17) is 17.1 Å². The van der Waals surface area contributed by atoms with E-state index in [1.165, 1.54) is 22.5 Å². The molecule has 0 radical (unpaired) electrons. The zero-order chi connectivity index (χ0) is 15.0. The van der Waals surface area contributed by atoms with Gasteiger partial charge in [0.15, 0.2) is 0 Å². The van der Waals surface area contributed by atoms with E-state index in [1.54, 1.807) is 0 Å². The van der Waals surface area contributed by atoms with Crippen molar-refractivity contribution in [3.63, 3.8) is 0 Å². The van der Waals surface area contributed by atoms with Crippen LogP contribution in [0.5, 0.6) is 0 Å². The molecule has 0 heterocycles. The fraction of sp³-hybridized carbons (Fsp3) is 0.333. The van der Waals surface area contributed by atoms with Crippen molar-refractivity contribution in [2.45, 2.75) is 28.7 Å². The third-order valence-corrected chi connectivity index (χ3v) is 6.14. The fourth-order valence-corrected chi connectivity index (χ4v) is 4.30. The Kier molecular flexibility index (Phi) is 4.12. The van der Waals surface area contributed by atoms with Crippen molar-refractivity contribution >= 4 is 29.8 Å². The molecule has 0 atom stereocenters. The van der Waals surface area contributed by atoms with Crippen LogP contribution in [0, 0.1) is 12.3 Å². The summed E-state index contributed by atoms with van der Waals surface area (Å²) in [6.07, 6.45) is 6.71. The molecule has 0 amide bonds. The van der Waals surface area contributed by atoms with Crippen LogP contribution in [0.2, 0.25) is 0 Å². The van der Waals surface area contributed by atoms with E-state index >= 15 is 0 Å². The van der Waals surface area contributed by atoms with E-state index in [2.05, 4.69) is 5.92 Å². The van der Waals surface area contributed by atoms with E-state index < -0.39 is 19.1 Å². The van der Waals surface area contributed by atoms with Gasteiger partial charge in [0.2, 0.25) is 10.0 Å². The number of rotatable bonds is 5. The molecular formula is C12H12ClNO4S2. The molecule has 2 rings (SSSR count). The predicted octanol–water partition coefficient (Wildman–Crippen LogP) is 1.40. The van der Waals surface area contributed by atoms with E-state index in [0.717, 1.165) is 18.9 Å². The first-order valence-electron chi connectivity index (χ1n) is 5.77. The van der Waals surface area contributed by atoms with Gasteiger partial charge in [-0.1, -0.05) is 12.0 Å². The minimum atomic E-state index is -3.98. The van der Waals surface area contributed by atoms with Crippen molar-refractivity contribution in [2.75, 3.05) is 6.54 Å². The first kappa shape index (κ1) is 15.3. The van der Waals surface area contributed by atoms with Gasteiger partial charge in [-0.25, -0.2) is 16.8 Å². The second-order valence-electron chi connectivity index (χ2n) is 4.40. The molecule has 0 bridgehead atoms. The molecule has 1 saturated carbocycles. The summed E-state index contributed by atoms with van der Waals surface area (Å²) in [5, 5.41) is 0. The number of nitrogens with zero attached hydrogens (tertiary/aromatic N) is 1. The second-order valence-corrected chi connectivity index (χ2v) is 8.85. The molecule has 0 aliphatic heterocycles. The van der Waals surface area contributed by atoms with Crippen LogP contribution in [0.25, 0.3) is 0 Å². The van der Waals surface area contributed by atoms with Crippen LogP contribution in [-0.2, 0) is 19.1 Å². The average molecular weight is 334 g/mol. The van der Waals surface area contributed by atoms with Crippen LogP contribution in [0.15, 0.2) is 34.1 Å². The lowest BCUT2D eigenvalue weighted by molar-refractivity contribution is 0.440. The van der Waals surface area contributed by atoms with Gasteiger partial charge in [-0.05, 0) is 31.0 Å². The molecule has 20 heavy (non-hydrogen) atoms. The summed E-state index contributed by atoms with van der Waals surface area (Å²) in [5.74, 6) is 2.31. The summed E-state index contributed by atoms with van der Waals surface area (Å²) in [6, 6.07) is 4.84. The number of halogens is 1. The second kappa shape index (κ2) is 5.37. The van der Waals surface area contributed by atoms with Crippen molar-refractivity contribution in [3.05, 3.63) is 24.3 Å². The first-order chi connectivity index (χ1) is 9.26. The molecule has 1 aromatic carbocycles. The Morgan fingerprint density at radius 3 is 2.35 bits per heavy atom. The Hall–Kier alpha value is -1.07. The number of terminal acetylenes is 1. The summed E-state index contributed by atoms with van der Waals surface area (Å²) in [5.41, 5.74) is 0. The van der Waals surface area contributed by atoms with Crippen LogP contribution in [0.4, 0.5) is 0 Å². The summed E-state index contributed by atoms with van der Waals surface area (Å²) < 4.78 is 48.7. The van der Waals surface area contributed by atoms with Crippen LogP contribution < -0.4 is 0 Å². The van der Waals surface area contributed by atoms with Crippen molar-refractivity contribution < 1.29 is 16.8 Å². The highest BCUT2D eigenvalue weighted by atomic mass is 35.7. The summed E-state index contributed by atoms with van der Waals surface area (Å²) >= 11 is 0. The lowest BCUT2D eigenvalue weighted by atomic mass is 10.4. The molecule has 1 aliphatic carbocycles. The van der Waals surface area contributed by atoms with Gasteiger partial charge < -0.3 is 0 Å². The Labute approximate surface area is 123 Å². The van der Waals surface area contributed by atoms with Gasteiger partial charge >= 0.3 is 0 Å². The maximum Gasteiger partial charge on any atom is 0.261 e. The molecule has 8 heteroatoms. The van der Waals surface area contributed by atoms with E-state index in [9.17, 15) is 16.8 Å². The van der Waals surface area contributed by atoms with Crippen molar-refractivity contribution in [2.24, 2.45) is 0 Å². The van der Waals surface area contributed by atoms with Crippen LogP contribution in [-0.4, -0.2) is 33.7 Å². The average Bonchev–Trinajstić information content (AvgIpc) is 3.19. The zero-order valence-electron chi connectivity index (χ0n) is 10.4. The minimum absolute atomic E-state index is 0.0369. The van der Waals surface area contributed by atoms with Gasteiger partial charge in [0.25, 0.3) is 9.05 Å². The van der Waals surface area contributed by atoms with Crippen LogP contribution in [0.1, 0.15) is 12.8 Å². The highest BCUT2D eigenvalue weighted by molar-refractivity contribution is 8.13. The maximum atomic E-state index is 12.5. The Morgan fingerprint density at radius 2 is 1.85 bits per heavy atom. The Bertz CT molecular complexity index is 761. The summed E-state index contributed by atoms with van der Waals surface area (Å²) in [4.78, 5) is -0.377. The highest BCUT2D eigenvalue weighted by Crippen LogP contribution is 2.32. The van der Waals surface area contributed by atoms with Crippen LogP contribution in [0.3, 0.4) is 0 Å². The molecule has 0 spiro atoms. The standard InChI is InChI=1S/C12H12ClNO4S2/c1-2-8-14(10-6-7-10)20(17,18)12-5-3-4-11(9-12)19(13,15)16/h1,3-5,9-10H,6-8H2. The summed E-state index contributed by atoms with van der Waals surface area (Å²) in [7, 11) is -2.57. The topological polar surface area (TPSA) is 71.5 Å². The van der Waals surface area contributed by atoms with Crippen LogP contribution >= 0.6 is 10.7 Å². The molecule has 0 aromatic heterocycles. The monoisotopic (exact) mass is 333 g/mol. The van der Waals surface area contributed by atoms with Gasteiger partial charge in [0.1, 0.15) is 0 Å². The SMILES string of the molecule is C#CCN(C1CC1)S(=O)(=O)c1cccc(S(=O)(=O)Cl)c1. The van der Waals surface area contributed by atoms with Crippen molar-refractivity contribution in [3.8, 4) is 12.3 Å². The summed E-state index contributed by atoms with van der Waals surface area (Å²) in [6.45, 7) is -0.0369. The molecule has 1 aliphatic rings. The van der Waals surface area contributed by atoms with E-state index in [-0.39, 0.29) is 22.4 Å². The largest absolute Gasteiger partial charge is 0.261 e. The van der Waals surface area contributed by atoms with E-state index in [0.29, 0.717) is 0 Å². The molecular weight excluding hydrogens is 322 g/mol. The van der Waals surface area contributed by atoms with Gasteiger partial charge in [0, 0.05) is 16.7 Å². The molecule has 1 aromatic rings. The van der Waals surface area contributed by atoms with Crippen molar-refractivity contribution in [1.82, 2.24) is 4.31 Å². The minimum Gasteiger partial charge on any atom is -0.207 e. The van der Waals surface area contributed by atoms with Gasteiger partial charge in [-0.2, -0.15) is 4.31 Å². The molecule has 108 valence electrons. The van der Waals surface area contributed by atoms with Crippen molar-refractivity contribution in [1.29, 1.82) is 0 Å². The quantitative estimate of drug-likeness (QED) is 0.603. The number of benzene rings is 1. The van der Waals surface area contributed by atoms with Gasteiger partial charge in [-0.3, -0.25) is 0 Å². The first-order valence-corrected chi connectivity index (χ1v) is 9.52. The Morgan fingerprint density at radius 1 is 1.25 bits per heavy atom. The fourth-order valence-electron chi connectivity index (χ4n) is 1.78. The molecule has 1 fully saturated rings. The zero-order valence-corrected chi connectivity index (χ0v) is 12.7. The molecule has 0 unspecified atom stereocenters. The molecule has 0 N–H and O–H groups in total. The highest BCUT2D eigenvalue weighted by Gasteiger charge is 2.37. The number of sulfonamides is 1. The molecule has 0 saturated heterocycles. The third kappa shape index (κ3) is 3.15. The van der Waals surface area contributed by atoms with Gasteiger partial charge in [0.05, 0.1) is 16.3 Å². The van der Waals surface area contributed by atoms with Gasteiger partial charge in [-0.15, -0.1) is 6.42 Å². The van der Waals surface area contributed by atoms with E-state index in [1.807, 2.05) is 0 Å². The normalized spacial score (nSPS) is 16.1. The Balaban J connectivity index is 2.46. The smallest absolute Gasteiger partial charge is 0.207 e. The molecule has 5 nitrogen and oxygen atoms in total. The lowest BCUT2D eigenvalue weighted by Gasteiger charge is -2.19. The third-order valence-electron chi connectivity index (χ3n) is 2.89.